The minimum absolute atomic E-state index is 0. The second-order valence-electron chi connectivity index (χ2n) is 5.56. The highest BCUT2D eigenvalue weighted by Crippen LogP contribution is 2.20. The molecule has 0 amide bonds. The maximum Gasteiger partial charge on any atom is 0.193 e. The molecule has 1 aliphatic heterocycles. The molecule has 0 aliphatic carbocycles. The molecule has 0 aromatic heterocycles. The first-order chi connectivity index (χ1) is 10.5. The molecule has 1 aromatic rings. The van der Waals surface area contributed by atoms with Crippen molar-refractivity contribution in [3.05, 3.63) is 34.6 Å². The molecule has 1 saturated heterocycles. The average molecular weight is 456 g/mol. The van der Waals surface area contributed by atoms with Gasteiger partial charge < -0.3 is 10.2 Å². The smallest absolute Gasteiger partial charge is 0.193 e. The van der Waals surface area contributed by atoms with Crippen LogP contribution in [0.3, 0.4) is 0 Å². The van der Waals surface area contributed by atoms with Crippen molar-refractivity contribution in [3.8, 4) is 0 Å². The molecule has 0 bridgehead atoms. The van der Waals surface area contributed by atoms with E-state index in [2.05, 4.69) is 28.1 Å². The van der Waals surface area contributed by atoms with E-state index >= 15 is 0 Å². The van der Waals surface area contributed by atoms with E-state index in [0.717, 1.165) is 19.0 Å². The number of hydrazine groups is 1. The molecule has 130 valence electrons. The largest absolute Gasteiger partial charge is 0.356 e. The lowest BCUT2D eigenvalue weighted by molar-refractivity contribution is 0.436. The number of hydrogen-bond donors (Lipinski definition) is 3. The minimum Gasteiger partial charge on any atom is -0.356 e. The van der Waals surface area contributed by atoms with Crippen molar-refractivity contribution < 1.29 is 4.39 Å². The van der Waals surface area contributed by atoms with E-state index in [4.69, 9.17) is 11.6 Å². The summed E-state index contributed by atoms with van der Waals surface area (Å²) in [7, 11) is 3.59. The number of hydrogen-bond acceptors (Lipinski definition) is 3. The lowest BCUT2D eigenvalue weighted by Crippen LogP contribution is -2.42. The first-order valence-electron chi connectivity index (χ1n) is 7.36. The van der Waals surface area contributed by atoms with Crippen LogP contribution in [-0.4, -0.2) is 44.1 Å². The molecule has 0 spiro atoms. The number of aliphatic imine (C=N–C) groups is 1. The van der Waals surface area contributed by atoms with Gasteiger partial charge in [0, 0.05) is 56.3 Å². The van der Waals surface area contributed by atoms with Gasteiger partial charge in [-0.3, -0.25) is 15.8 Å². The van der Waals surface area contributed by atoms with E-state index in [1.165, 1.54) is 6.07 Å². The molecule has 1 heterocycles. The third-order valence-electron chi connectivity index (χ3n) is 3.95. The molecular weight excluding hydrogens is 432 g/mol. The van der Waals surface area contributed by atoms with Crippen molar-refractivity contribution in [3.63, 3.8) is 0 Å². The molecule has 2 atom stereocenters. The van der Waals surface area contributed by atoms with Crippen molar-refractivity contribution >= 4 is 41.5 Å². The Morgan fingerprint density at radius 1 is 1.52 bits per heavy atom. The van der Waals surface area contributed by atoms with Gasteiger partial charge in [-0.2, -0.15) is 0 Å². The summed E-state index contributed by atoms with van der Waals surface area (Å²) in [6.07, 6.45) is 0. The molecule has 8 heteroatoms. The maximum atomic E-state index is 13.9. The Morgan fingerprint density at radius 3 is 2.83 bits per heavy atom. The first kappa shape index (κ1) is 20.4. The van der Waals surface area contributed by atoms with Gasteiger partial charge in [-0.25, -0.2) is 4.39 Å². The fraction of sp³-hybridized carbons (Fsp3) is 0.533. The van der Waals surface area contributed by atoms with Crippen LogP contribution in [0.2, 0.25) is 5.02 Å². The topological polar surface area (TPSA) is 51.7 Å². The average Bonchev–Trinajstić information content (AvgIpc) is 2.89. The summed E-state index contributed by atoms with van der Waals surface area (Å²) in [5.74, 6) is 0.897. The summed E-state index contributed by atoms with van der Waals surface area (Å²) in [4.78, 5) is 6.12. The van der Waals surface area contributed by atoms with Gasteiger partial charge in [0.15, 0.2) is 5.96 Å². The second kappa shape index (κ2) is 9.61. The van der Waals surface area contributed by atoms with Crippen LogP contribution in [0.25, 0.3) is 0 Å². The number of guanidine groups is 1. The molecule has 5 nitrogen and oxygen atoms in total. The van der Waals surface area contributed by atoms with Gasteiger partial charge in [0.25, 0.3) is 0 Å². The fourth-order valence-electron chi connectivity index (χ4n) is 2.50. The van der Waals surface area contributed by atoms with Crippen LogP contribution in [0, 0.1) is 11.7 Å². The number of benzene rings is 1. The molecule has 2 unspecified atom stereocenters. The Hall–Kier alpha value is -0.640. The van der Waals surface area contributed by atoms with Gasteiger partial charge in [0.1, 0.15) is 5.82 Å². The second-order valence-corrected chi connectivity index (χ2v) is 5.97. The lowest BCUT2D eigenvalue weighted by Gasteiger charge is -2.24. The molecule has 1 aliphatic rings. The van der Waals surface area contributed by atoms with Gasteiger partial charge in [-0.15, -0.1) is 24.0 Å². The van der Waals surface area contributed by atoms with Crippen molar-refractivity contribution in [2.75, 3.05) is 27.2 Å². The first-order valence-corrected chi connectivity index (χ1v) is 7.73. The van der Waals surface area contributed by atoms with Crippen LogP contribution < -0.4 is 16.2 Å². The molecule has 0 radical (unpaired) electrons. The van der Waals surface area contributed by atoms with Crippen LogP contribution in [0.4, 0.5) is 4.39 Å². The fourth-order valence-corrected chi connectivity index (χ4v) is 2.72. The Balaban J connectivity index is 0.00000264. The van der Waals surface area contributed by atoms with Crippen LogP contribution in [0.1, 0.15) is 12.5 Å². The molecular formula is C15H24ClFIN5. The normalized spacial score (nSPS) is 21.0. The Kier molecular flexibility index (Phi) is 8.52. The third-order valence-corrected chi connectivity index (χ3v) is 4.31. The molecule has 2 rings (SSSR count). The van der Waals surface area contributed by atoms with Gasteiger partial charge in [-0.05, 0) is 19.1 Å². The van der Waals surface area contributed by atoms with Crippen molar-refractivity contribution in [2.45, 2.75) is 19.5 Å². The zero-order valence-electron chi connectivity index (χ0n) is 13.6. The number of nitrogens with zero attached hydrogens (tertiary/aromatic N) is 2. The molecule has 1 fully saturated rings. The molecule has 1 aromatic carbocycles. The predicted octanol–water partition coefficient (Wildman–Crippen LogP) is 2.22. The van der Waals surface area contributed by atoms with Gasteiger partial charge in [0.2, 0.25) is 0 Å². The van der Waals surface area contributed by atoms with E-state index in [1.54, 1.807) is 19.2 Å². The van der Waals surface area contributed by atoms with Crippen LogP contribution in [0.15, 0.2) is 23.2 Å². The van der Waals surface area contributed by atoms with Crippen molar-refractivity contribution in [1.82, 2.24) is 21.1 Å². The van der Waals surface area contributed by atoms with E-state index in [0.29, 0.717) is 29.1 Å². The Labute approximate surface area is 159 Å². The molecule has 3 N–H and O–H groups in total. The molecule has 0 saturated carbocycles. The summed E-state index contributed by atoms with van der Waals surface area (Å²) in [5.41, 5.74) is 6.80. The summed E-state index contributed by atoms with van der Waals surface area (Å²) >= 11 is 6.08. The highest BCUT2D eigenvalue weighted by molar-refractivity contribution is 14.0. The van der Waals surface area contributed by atoms with Gasteiger partial charge in [-0.1, -0.05) is 17.7 Å². The van der Waals surface area contributed by atoms with E-state index in [9.17, 15) is 4.39 Å². The van der Waals surface area contributed by atoms with E-state index in [1.807, 2.05) is 11.9 Å². The minimum atomic E-state index is -0.299. The zero-order chi connectivity index (χ0) is 16.1. The highest BCUT2D eigenvalue weighted by Gasteiger charge is 2.23. The van der Waals surface area contributed by atoms with E-state index < -0.39 is 0 Å². The summed E-state index contributed by atoms with van der Waals surface area (Å²) in [5, 5.41) is 3.76. The van der Waals surface area contributed by atoms with Crippen LogP contribution in [0.5, 0.6) is 0 Å². The van der Waals surface area contributed by atoms with Crippen molar-refractivity contribution in [1.29, 1.82) is 0 Å². The molecule has 23 heavy (non-hydrogen) atoms. The number of rotatable bonds is 4. The zero-order valence-corrected chi connectivity index (χ0v) is 16.7. The summed E-state index contributed by atoms with van der Waals surface area (Å²) < 4.78 is 13.9. The Bertz CT molecular complexity index is 522. The monoisotopic (exact) mass is 455 g/mol. The SMILES string of the molecule is CN=C(NCC1CNNC1C)N(C)Cc1c(F)cccc1Cl.I. The van der Waals surface area contributed by atoms with Crippen molar-refractivity contribution in [2.24, 2.45) is 10.9 Å². The number of nitrogens with one attached hydrogen (secondary N) is 3. The quantitative estimate of drug-likeness (QED) is 0.370. The standard InChI is InChI=1S/C15H23ClFN5.HI/c1-10-11(8-20-21-10)7-19-15(18-2)22(3)9-12-13(16)5-4-6-14(12)17;/h4-6,10-11,20-21H,7-9H2,1-3H3,(H,18,19);1H. The summed E-state index contributed by atoms with van der Waals surface area (Å²) in [6, 6.07) is 5.12. The van der Waals surface area contributed by atoms with Gasteiger partial charge in [0.05, 0.1) is 0 Å². The van der Waals surface area contributed by atoms with Crippen LogP contribution >= 0.6 is 35.6 Å². The van der Waals surface area contributed by atoms with Crippen LogP contribution in [-0.2, 0) is 6.54 Å². The highest BCUT2D eigenvalue weighted by atomic mass is 127. The maximum absolute atomic E-state index is 13.9. The third kappa shape index (κ3) is 5.44. The van der Waals surface area contributed by atoms with E-state index in [-0.39, 0.29) is 29.8 Å². The van der Waals surface area contributed by atoms with Gasteiger partial charge >= 0.3 is 0 Å². The lowest BCUT2D eigenvalue weighted by atomic mass is 10.0. The summed E-state index contributed by atoms with van der Waals surface area (Å²) in [6.45, 7) is 4.21. The predicted molar refractivity (Wildman–Crippen MR) is 104 cm³/mol. The Morgan fingerprint density at radius 2 is 2.26 bits per heavy atom. The number of halogens is 3.